The number of hydrogen-bond donors (Lipinski definition) is 2. The summed E-state index contributed by atoms with van der Waals surface area (Å²) in [5.41, 5.74) is 5.65. The molecule has 0 aromatic heterocycles. The van der Waals surface area contributed by atoms with E-state index in [0.29, 0.717) is 5.56 Å². The van der Waals surface area contributed by atoms with Gasteiger partial charge in [-0.1, -0.05) is 65.8 Å². The van der Waals surface area contributed by atoms with E-state index in [0.717, 1.165) is 0 Å². The van der Waals surface area contributed by atoms with Gasteiger partial charge in [0.05, 0.1) is 13.2 Å². The molecule has 2 aromatic rings. The van der Waals surface area contributed by atoms with E-state index in [-0.39, 0.29) is 47.7 Å². The van der Waals surface area contributed by atoms with Crippen molar-refractivity contribution in [1.82, 2.24) is 0 Å². The zero-order valence-electron chi connectivity index (χ0n) is 25.6. The van der Waals surface area contributed by atoms with E-state index in [1.165, 1.54) is 18.2 Å². The molecule has 0 saturated heterocycles. The molecule has 0 amide bonds. The smallest absolute Gasteiger partial charge is 0.480 e. The Kier molecular flexibility index (Phi) is 12.4. The quantitative estimate of drug-likeness (QED) is 0.167. The minimum atomic E-state index is -1.44. The summed E-state index contributed by atoms with van der Waals surface area (Å²) >= 11 is 0. The highest BCUT2D eigenvalue weighted by molar-refractivity contribution is 5.75. The van der Waals surface area contributed by atoms with E-state index < -0.39 is 42.5 Å². The first-order valence-corrected chi connectivity index (χ1v) is 13.7. The lowest BCUT2D eigenvalue weighted by atomic mass is 9.87. The summed E-state index contributed by atoms with van der Waals surface area (Å²) in [6.45, 7) is 12.8. The maximum atomic E-state index is 12.5. The van der Waals surface area contributed by atoms with Crippen LogP contribution in [0.2, 0.25) is 0 Å². The van der Waals surface area contributed by atoms with Gasteiger partial charge in [-0.3, -0.25) is 4.79 Å². The maximum Gasteiger partial charge on any atom is 0.514 e. The van der Waals surface area contributed by atoms with Crippen LogP contribution < -0.4 is 19.9 Å². The molecule has 2 aromatic carbocycles. The predicted molar refractivity (Wildman–Crippen MR) is 155 cm³/mol. The van der Waals surface area contributed by atoms with Crippen LogP contribution in [-0.2, 0) is 19.0 Å². The van der Waals surface area contributed by atoms with Crippen LogP contribution in [0.15, 0.2) is 48.5 Å². The molecule has 236 valence electrons. The van der Waals surface area contributed by atoms with Crippen LogP contribution in [0.5, 0.6) is 17.2 Å². The number of carbonyl (C=O) groups excluding carboxylic acids is 3. The molecule has 0 radical (unpaired) electrons. The molecule has 0 spiro atoms. The third-order valence-corrected chi connectivity index (χ3v) is 5.57. The van der Waals surface area contributed by atoms with Crippen LogP contribution in [-0.4, -0.2) is 54.9 Å². The van der Waals surface area contributed by atoms with Crippen molar-refractivity contribution in [1.29, 1.82) is 0 Å². The second-order valence-electron chi connectivity index (χ2n) is 12.4. The Bertz CT molecular complexity index is 1250. The van der Waals surface area contributed by atoms with Gasteiger partial charge in [-0.05, 0) is 54.0 Å². The second kappa shape index (κ2) is 15.2. The fourth-order valence-corrected chi connectivity index (χ4v) is 3.55. The first-order valence-electron chi connectivity index (χ1n) is 13.7. The van der Waals surface area contributed by atoms with Gasteiger partial charge in [0.2, 0.25) is 0 Å². The first-order chi connectivity index (χ1) is 19.9. The summed E-state index contributed by atoms with van der Waals surface area (Å²) in [6, 6.07) is 10.9. The van der Waals surface area contributed by atoms with Crippen LogP contribution >= 0.6 is 0 Å². The maximum absolute atomic E-state index is 12.5. The average molecular weight is 604 g/mol. The Labute approximate surface area is 251 Å². The number of hydrogen-bond acceptors (Lipinski definition) is 11. The van der Waals surface area contributed by atoms with Crippen molar-refractivity contribution in [2.45, 2.75) is 73.0 Å². The van der Waals surface area contributed by atoms with Gasteiger partial charge in [-0.25, -0.2) is 14.4 Å². The molecule has 0 aliphatic rings. The first kappa shape index (κ1) is 34.9. The molecule has 0 fully saturated rings. The van der Waals surface area contributed by atoms with E-state index >= 15 is 0 Å². The Morgan fingerprint density at radius 3 is 1.81 bits per heavy atom. The van der Waals surface area contributed by atoms with Crippen molar-refractivity contribution in [2.75, 3.05) is 13.2 Å². The number of carbonyl (C=O) groups is 4. The predicted octanol–water partition coefficient (Wildman–Crippen LogP) is 6.30. The topological polar surface area (TPSA) is 170 Å². The SMILES string of the molecule is CC(CC(c1ccc(OC(=O)OCC(C)(C)C)c(OC(=O)OCC(C)(C)C)c1)[C@H](N)C(=O)O)OC(=O)Oc1ccccc1. The summed E-state index contributed by atoms with van der Waals surface area (Å²) in [6.07, 6.45) is -3.97. The molecule has 0 aliphatic heterocycles. The van der Waals surface area contributed by atoms with E-state index in [4.69, 9.17) is 34.2 Å². The molecule has 12 nitrogen and oxygen atoms in total. The van der Waals surface area contributed by atoms with E-state index in [1.54, 1.807) is 37.3 Å². The number of carboxylic acid groups (broad SMARTS) is 1. The van der Waals surface area contributed by atoms with Crippen LogP contribution in [0.25, 0.3) is 0 Å². The zero-order valence-corrected chi connectivity index (χ0v) is 25.6. The summed E-state index contributed by atoms with van der Waals surface area (Å²) in [7, 11) is 0. The van der Waals surface area contributed by atoms with Gasteiger partial charge < -0.3 is 39.3 Å². The third-order valence-electron chi connectivity index (χ3n) is 5.57. The van der Waals surface area contributed by atoms with Crippen LogP contribution in [0.3, 0.4) is 0 Å². The second-order valence-corrected chi connectivity index (χ2v) is 12.4. The molecule has 2 rings (SSSR count). The van der Waals surface area contributed by atoms with Crippen LogP contribution in [0.1, 0.15) is 66.4 Å². The number of ether oxygens (including phenoxy) is 6. The summed E-state index contributed by atoms with van der Waals surface area (Å²) < 4.78 is 31.5. The largest absolute Gasteiger partial charge is 0.514 e. The fraction of sp³-hybridized carbons (Fsp3) is 0.484. The average Bonchev–Trinajstić information content (AvgIpc) is 2.89. The van der Waals surface area contributed by atoms with Gasteiger partial charge in [0.25, 0.3) is 0 Å². The van der Waals surface area contributed by atoms with Crippen LogP contribution in [0.4, 0.5) is 14.4 Å². The van der Waals surface area contributed by atoms with Crippen molar-refractivity contribution in [3.63, 3.8) is 0 Å². The Hall–Kier alpha value is -4.32. The molecule has 0 heterocycles. The lowest BCUT2D eigenvalue weighted by Crippen LogP contribution is -2.38. The molecule has 2 unspecified atom stereocenters. The summed E-state index contributed by atoms with van der Waals surface area (Å²) in [5.74, 6) is -2.39. The molecular formula is C31H41NO11. The number of benzene rings is 2. The van der Waals surface area contributed by atoms with Gasteiger partial charge in [0.1, 0.15) is 17.9 Å². The highest BCUT2D eigenvalue weighted by Gasteiger charge is 2.31. The van der Waals surface area contributed by atoms with E-state index in [9.17, 15) is 24.3 Å². The molecule has 0 aliphatic carbocycles. The van der Waals surface area contributed by atoms with Gasteiger partial charge >= 0.3 is 24.4 Å². The number of aliphatic carboxylic acids is 1. The third kappa shape index (κ3) is 13.0. The van der Waals surface area contributed by atoms with Crippen molar-refractivity contribution in [2.24, 2.45) is 16.6 Å². The number of para-hydroxylation sites is 1. The number of nitrogens with two attached hydrogens (primary N) is 1. The van der Waals surface area contributed by atoms with E-state index in [2.05, 4.69) is 0 Å². The summed E-state index contributed by atoms with van der Waals surface area (Å²) in [4.78, 5) is 49.1. The van der Waals surface area contributed by atoms with Crippen LogP contribution in [0, 0.1) is 10.8 Å². The lowest BCUT2D eigenvalue weighted by molar-refractivity contribution is -0.139. The van der Waals surface area contributed by atoms with Gasteiger partial charge in [-0.2, -0.15) is 0 Å². The summed E-state index contributed by atoms with van der Waals surface area (Å²) in [5, 5.41) is 9.71. The molecule has 3 atom stereocenters. The van der Waals surface area contributed by atoms with Gasteiger partial charge in [0, 0.05) is 5.92 Å². The van der Waals surface area contributed by atoms with Crippen molar-refractivity contribution in [3.8, 4) is 17.2 Å². The normalized spacial score (nSPS) is 13.6. The molecular weight excluding hydrogens is 562 g/mol. The highest BCUT2D eigenvalue weighted by Crippen LogP contribution is 2.35. The molecule has 43 heavy (non-hydrogen) atoms. The lowest BCUT2D eigenvalue weighted by Gasteiger charge is -2.25. The minimum Gasteiger partial charge on any atom is -0.480 e. The van der Waals surface area contributed by atoms with Crippen molar-refractivity contribution < 1.29 is 52.7 Å². The molecule has 0 saturated carbocycles. The fourth-order valence-electron chi connectivity index (χ4n) is 3.55. The van der Waals surface area contributed by atoms with Gasteiger partial charge in [0.15, 0.2) is 11.5 Å². The zero-order chi connectivity index (χ0) is 32.4. The van der Waals surface area contributed by atoms with Crippen molar-refractivity contribution in [3.05, 3.63) is 54.1 Å². The monoisotopic (exact) mass is 603 g/mol. The molecule has 0 bridgehead atoms. The number of rotatable bonds is 11. The van der Waals surface area contributed by atoms with Crippen molar-refractivity contribution >= 4 is 24.4 Å². The standard InChI is InChI=1S/C31H41NO11/c1-19(40-29(37)41-21-11-9-8-10-12-21)15-22(25(32)26(33)34)20-13-14-23(42-27(35)38-17-30(2,3)4)24(16-20)43-28(36)39-18-31(5,6)7/h8-14,16,19,22,25H,15,17-18,32H2,1-7H3,(H,33,34)/t19?,22?,25-/m0/s1. The minimum absolute atomic E-state index is 0.0375. The Balaban J connectivity index is 2.32. The Morgan fingerprint density at radius 1 is 0.767 bits per heavy atom. The number of carboxylic acids is 1. The highest BCUT2D eigenvalue weighted by atomic mass is 16.7. The van der Waals surface area contributed by atoms with Gasteiger partial charge in [-0.15, -0.1) is 0 Å². The molecule has 12 heteroatoms. The van der Waals surface area contributed by atoms with E-state index in [1.807, 2.05) is 41.5 Å². The molecule has 3 N–H and O–H groups in total. The Morgan fingerprint density at radius 2 is 1.30 bits per heavy atom.